The second kappa shape index (κ2) is 6.26. The van der Waals surface area contributed by atoms with Gasteiger partial charge in [0.2, 0.25) is 0 Å². The van der Waals surface area contributed by atoms with Crippen molar-refractivity contribution in [3.63, 3.8) is 0 Å². The molecule has 0 saturated carbocycles. The first-order valence-electron chi connectivity index (χ1n) is 6.95. The maximum Gasteiger partial charge on any atom is 0.272 e. The molecule has 4 nitrogen and oxygen atoms in total. The van der Waals surface area contributed by atoms with Crippen LogP contribution in [0.4, 0.5) is 5.69 Å². The van der Waals surface area contributed by atoms with Gasteiger partial charge in [0.25, 0.3) is 5.91 Å². The summed E-state index contributed by atoms with van der Waals surface area (Å²) in [5, 5.41) is 0. The Morgan fingerprint density at radius 2 is 1.71 bits per heavy atom. The molecule has 2 heterocycles. The Balaban J connectivity index is 1.63. The van der Waals surface area contributed by atoms with Gasteiger partial charge >= 0.3 is 0 Å². The Labute approximate surface area is 132 Å². The first-order valence-corrected chi connectivity index (χ1v) is 7.74. The van der Waals surface area contributed by atoms with Gasteiger partial charge in [0, 0.05) is 42.5 Å². The topological polar surface area (TPSA) is 36.4 Å². The standard InChI is InChI=1S/C16H16BrN3O/c17-13-6-7-15(18-12-13)16(21)20-10-8-19(9-11-20)14-4-2-1-3-5-14/h1-7,12H,8-11H2. The molecule has 1 aromatic carbocycles. The van der Waals surface area contributed by atoms with Crippen LogP contribution < -0.4 is 4.90 Å². The number of hydrogen-bond donors (Lipinski definition) is 0. The second-order valence-corrected chi connectivity index (χ2v) is 5.89. The van der Waals surface area contributed by atoms with Gasteiger partial charge in [-0.05, 0) is 40.2 Å². The maximum absolute atomic E-state index is 12.4. The molecule has 1 fully saturated rings. The zero-order valence-corrected chi connectivity index (χ0v) is 13.2. The highest BCUT2D eigenvalue weighted by Gasteiger charge is 2.22. The minimum Gasteiger partial charge on any atom is -0.368 e. The van der Waals surface area contributed by atoms with Crippen molar-refractivity contribution >= 4 is 27.5 Å². The molecule has 5 heteroatoms. The monoisotopic (exact) mass is 345 g/mol. The van der Waals surface area contributed by atoms with Gasteiger partial charge in [0.15, 0.2) is 0 Å². The second-order valence-electron chi connectivity index (χ2n) is 4.98. The van der Waals surface area contributed by atoms with Crippen molar-refractivity contribution in [2.24, 2.45) is 0 Å². The zero-order valence-electron chi connectivity index (χ0n) is 11.6. The summed E-state index contributed by atoms with van der Waals surface area (Å²) in [6.07, 6.45) is 1.66. The molecule has 21 heavy (non-hydrogen) atoms. The fourth-order valence-corrected chi connectivity index (χ4v) is 2.71. The van der Waals surface area contributed by atoms with Crippen LogP contribution in [-0.2, 0) is 0 Å². The molecule has 1 aliphatic rings. The van der Waals surface area contributed by atoms with Crippen molar-refractivity contribution < 1.29 is 4.79 Å². The molecule has 1 amide bonds. The van der Waals surface area contributed by atoms with E-state index in [1.54, 1.807) is 12.3 Å². The summed E-state index contributed by atoms with van der Waals surface area (Å²) in [5.74, 6) is 0.00946. The number of rotatable bonds is 2. The Bertz CT molecular complexity index is 607. The number of amides is 1. The predicted octanol–water partition coefficient (Wildman–Crippen LogP) is 2.81. The summed E-state index contributed by atoms with van der Waals surface area (Å²) in [6, 6.07) is 13.9. The molecule has 0 bridgehead atoms. The van der Waals surface area contributed by atoms with Crippen molar-refractivity contribution in [2.75, 3.05) is 31.1 Å². The van der Waals surface area contributed by atoms with Crippen LogP contribution in [0.5, 0.6) is 0 Å². The van der Waals surface area contributed by atoms with Crippen molar-refractivity contribution in [3.05, 3.63) is 58.8 Å². The van der Waals surface area contributed by atoms with Gasteiger partial charge in [-0.3, -0.25) is 4.79 Å². The third kappa shape index (κ3) is 3.24. The van der Waals surface area contributed by atoms with Crippen LogP contribution in [0.3, 0.4) is 0 Å². The van der Waals surface area contributed by atoms with E-state index in [0.29, 0.717) is 5.69 Å². The van der Waals surface area contributed by atoms with Crippen molar-refractivity contribution in [2.45, 2.75) is 0 Å². The average molecular weight is 346 g/mol. The van der Waals surface area contributed by atoms with Crippen LogP contribution in [0.15, 0.2) is 53.1 Å². The Kier molecular flexibility index (Phi) is 4.20. The molecule has 2 aromatic rings. The van der Waals surface area contributed by atoms with E-state index in [-0.39, 0.29) is 5.91 Å². The molecule has 3 rings (SSSR count). The third-order valence-electron chi connectivity index (χ3n) is 3.63. The molecular weight excluding hydrogens is 330 g/mol. The molecule has 0 N–H and O–H groups in total. The summed E-state index contributed by atoms with van der Waals surface area (Å²) in [7, 11) is 0. The quantitative estimate of drug-likeness (QED) is 0.839. The van der Waals surface area contributed by atoms with E-state index in [0.717, 1.165) is 30.7 Å². The van der Waals surface area contributed by atoms with E-state index >= 15 is 0 Å². The SMILES string of the molecule is O=C(c1ccc(Br)cn1)N1CCN(c2ccccc2)CC1. The number of hydrogen-bond acceptors (Lipinski definition) is 3. The van der Waals surface area contributed by atoms with Crippen LogP contribution in [0, 0.1) is 0 Å². The highest BCUT2D eigenvalue weighted by atomic mass is 79.9. The number of anilines is 1. The van der Waals surface area contributed by atoms with Gasteiger partial charge in [-0.25, -0.2) is 4.98 Å². The highest BCUT2D eigenvalue weighted by Crippen LogP contribution is 2.17. The maximum atomic E-state index is 12.4. The van der Waals surface area contributed by atoms with Gasteiger partial charge in [-0.2, -0.15) is 0 Å². The van der Waals surface area contributed by atoms with E-state index in [1.807, 2.05) is 29.2 Å². The van der Waals surface area contributed by atoms with Crippen LogP contribution in [0.2, 0.25) is 0 Å². The van der Waals surface area contributed by atoms with Crippen LogP contribution in [0.25, 0.3) is 0 Å². The van der Waals surface area contributed by atoms with Gasteiger partial charge in [0.1, 0.15) is 5.69 Å². The van der Waals surface area contributed by atoms with Crippen molar-refractivity contribution in [1.82, 2.24) is 9.88 Å². The van der Waals surface area contributed by atoms with Gasteiger partial charge in [0.05, 0.1) is 0 Å². The molecule has 0 atom stereocenters. The first kappa shape index (κ1) is 14.1. The van der Waals surface area contributed by atoms with Crippen LogP contribution >= 0.6 is 15.9 Å². The number of benzene rings is 1. The lowest BCUT2D eigenvalue weighted by atomic mass is 10.2. The Morgan fingerprint density at radius 3 is 2.33 bits per heavy atom. The lowest BCUT2D eigenvalue weighted by molar-refractivity contribution is 0.0741. The Hall–Kier alpha value is -1.88. The number of pyridine rings is 1. The molecule has 108 valence electrons. The van der Waals surface area contributed by atoms with Crippen molar-refractivity contribution in [3.8, 4) is 0 Å². The van der Waals surface area contributed by atoms with E-state index < -0.39 is 0 Å². The molecule has 1 saturated heterocycles. The average Bonchev–Trinajstić information content (AvgIpc) is 2.56. The summed E-state index contributed by atoms with van der Waals surface area (Å²) < 4.78 is 0.882. The predicted molar refractivity (Wildman–Crippen MR) is 86.5 cm³/mol. The molecule has 1 aliphatic heterocycles. The third-order valence-corrected chi connectivity index (χ3v) is 4.10. The number of nitrogens with zero attached hydrogens (tertiary/aromatic N) is 3. The molecule has 0 radical (unpaired) electrons. The highest BCUT2D eigenvalue weighted by molar-refractivity contribution is 9.10. The van der Waals surface area contributed by atoms with E-state index in [9.17, 15) is 4.79 Å². The number of para-hydroxylation sites is 1. The molecule has 1 aromatic heterocycles. The fourth-order valence-electron chi connectivity index (χ4n) is 2.47. The normalized spacial score (nSPS) is 15.1. The first-order chi connectivity index (χ1) is 10.2. The number of aromatic nitrogens is 1. The molecule has 0 aliphatic carbocycles. The van der Waals surface area contributed by atoms with E-state index in [2.05, 4.69) is 37.9 Å². The van der Waals surface area contributed by atoms with Gasteiger partial charge < -0.3 is 9.80 Å². The summed E-state index contributed by atoms with van der Waals surface area (Å²) in [4.78, 5) is 20.7. The van der Waals surface area contributed by atoms with E-state index in [4.69, 9.17) is 0 Å². The minimum absolute atomic E-state index is 0.00946. The number of piperazine rings is 1. The molecule has 0 unspecified atom stereocenters. The number of carbonyl (C=O) groups excluding carboxylic acids is 1. The van der Waals surface area contributed by atoms with Crippen LogP contribution in [0.1, 0.15) is 10.5 Å². The van der Waals surface area contributed by atoms with Gasteiger partial charge in [-0.15, -0.1) is 0 Å². The fraction of sp³-hybridized carbons (Fsp3) is 0.250. The number of halogens is 1. The minimum atomic E-state index is 0.00946. The zero-order chi connectivity index (χ0) is 14.7. The lowest BCUT2D eigenvalue weighted by Crippen LogP contribution is -2.49. The Morgan fingerprint density at radius 1 is 1.00 bits per heavy atom. The summed E-state index contributed by atoms with van der Waals surface area (Å²) in [6.45, 7) is 3.16. The summed E-state index contributed by atoms with van der Waals surface area (Å²) >= 11 is 3.33. The van der Waals surface area contributed by atoms with Gasteiger partial charge in [-0.1, -0.05) is 18.2 Å². The smallest absolute Gasteiger partial charge is 0.272 e. The number of carbonyl (C=O) groups is 1. The van der Waals surface area contributed by atoms with Crippen LogP contribution in [-0.4, -0.2) is 42.0 Å². The van der Waals surface area contributed by atoms with E-state index in [1.165, 1.54) is 5.69 Å². The largest absolute Gasteiger partial charge is 0.368 e. The molecule has 0 spiro atoms. The lowest BCUT2D eigenvalue weighted by Gasteiger charge is -2.36. The van der Waals surface area contributed by atoms with Crippen molar-refractivity contribution in [1.29, 1.82) is 0 Å². The molecular formula is C16H16BrN3O. The summed E-state index contributed by atoms with van der Waals surface area (Å²) in [5.41, 5.74) is 1.72.